The third kappa shape index (κ3) is 4.17. The van der Waals surface area contributed by atoms with Crippen LogP contribution in [0.5, 0.6) is 5.75 Å². The highest BCUT2D eigenvalue weighted by Gasteiger charge is 2.33. The van der Waals surface area contributed by atoms with E-state index in [1.807, 2.05) is 6.92 Å². The summed E-state index contributed by atoms with van der Waals surface area (Å²) in [5.74, 6) is -1.33. The van der Waals surface area contributed by atoms with E-state index in [1.165, 1.54) is 12.1 Å². The van der Waals surface area contributed by atoms with Crippen LogP contribution in [-0.2, 0) is 9.59 Å². The Balaban J connectivity index is 2.21. The number of benzene rings is 2. The van der Waals surface area contributed by atoms with E-state index < -0.39 is 18.4 Å². The van der Waals surface area contributed by atoms with E-state index in [1.54, 1.807) is 35.2 Å². The van der Waals surface area contributed by atoms with Gasteiger partial charge in [0.1, 0.15) is 11.8 Å². The zero-order chi connectivity index (χ0) is 20.3. The summed E-state index contributed by atoms with van der Waals surface area (Å²) in [6.45, 7) is 2.50. The molecule has 3 rings (SSSR count). The molecule has 0 saturated carbocycles. The zero-order valence-corrected chi connectivity index (χ0v) is 16.2. The summed E-state index contributed by atoms with van der Waals surface area (Å²) < 4.78 is 0. The number of benzodiazepines with no additional fused rings is 1. The van der Waals surface area contributed by atoms with Crippen molar-refractivity contribution in [3.05, 3.63) is 58.6 Å². The van der Waals surface area contributed by atoms with E-state index in [9.17, 15) is 19.8 Å². The first-order valence-electron chi connectivity index (χ1n) is 9.11. The van der Waals surface area contributed by atoms with E-state index >= 15 is 0 Å². The van der Waals surface area contributed by atoms with Gasteiger partial charge in [-0.05, 0) is 48.9 Å². The molecule has 0 aromatic heterocycles. The average Bonchev–Trinajstić information content (AvgIpc) is 2.76. The Kier molecular flexibility index (Phi) is 5.99. The van der Waals surface area contributed by atoms with Gasteiger partial charge in [0.15, 0.2) is 0 Å². The number of rotatable bonds is 6. The molecule has 0 fully saturated rings. The summed E-state index contributed by atoms with van der Waals surface area (Å²) in [5, 5.41) is 19.4. The van der Waals surface area contributed by atoms with Crippen molar-refractivity contribution in [3.63, 3.8) is 0 Å². The minimum Gasteiger partial charge on any atom is -0.508 e. The number of carbonyl (C=O) groups excluding carboxylic acids is 1. The first kappa shape index (κ1) is 19.9. The molecule has 2 N–H and O–H groups in total. The van der Waals surface area contributed by atoms with E-state index in [-0.39, 0.29) is 11.7 Å². The first-order chi connectivity index (χ1) is 13.4. The number of anilines is 1. The van der Waals surface area contributed by atoms with Crippen molar-refractivity contribution in [2.45, 2.75) is 32.2 Å². The molecule has 0 spiro atoms. The van der Waals surface area contributed by atoms with Crippen molar-refractivity contribution in [3.8, 4) is 5.75 Å². The van der Waals surface area contributed by atoms with Gasteiger partial charge >= 0.3 is 5.97 Å². The number of carbonyl (C=O) groups is 2. The van der Waals surface area contributed by atoms with Gasteiger partial charge in [0.25, 0.3) is 5.91 Å². The van der Waals surface area contributed by atoms with Crippen molar-refractivity contribution >= 4 is 34.9 Å². The lowest BCUT2D eigenvalue weighted by molar-refractivity contribution is -0.139. The van der Waals surface area contributed by atoms with Crippen LogP contribution in [0.4, 0.5) is 5.69 Å². The molecular formula is C21H21ClN2O4. The monoisotopic (exact) mass is 400 g/mol. The molecule has 146 valence electrons. The molecule has 1 aliphatic heterocycles. The molecule has 1 unspecified atom stereocenters. The molecular weight excluding hydrogens is 380 g/mol. The van der Waals surface area contributed by atoms with E-state index in [2.05, 4.69) is 4.99 Å². The lowest BCUT2D eigenvalue weighted by Gasteiger charge is -2.25. The molecule has 1 atom stereocenters. The van der Waals surface area contributed by atoms with Crippen molar-refractivity contribution < 1.29 is 19.8 Å². The highest BCUT2D eigenvalue weighted by atomic mass is 35.5. The second-order valence-corrected chi connectivity index (χ2v) is 7.08. The van der Waals surface area contributed by atoms with Crippen molar-refractivity contribution in [1.82, 2.24) is 0 Å². The number of hydrogen-bond donors (Lipinski definition) is 2. The number of nitrogens with zero attached hydrogens (tertiary/aromatic N) is 2. The fourth-order valence-electron chi connectivity index (χ4n) is 3.21. The molecule has 0 aliphatic carbocycles. The van der Waals surface area contributed by atoms with Crippen LogP contribution in [0.15, 0.2) is 47.5 Å². The maximum Gasteiger partial charge on any atom is 0.306 e. The zero-order valence-electron chi connectivity index (χ0n) is 15.4. The van der Waals surface area contributed by atoms with Crippen LogP contribution in [0.2, 0.25) is 5.02 Å². The second-order valence-electron chi connectivity index (χ2n) is 6.64. The van der Waals surface area contributed by atoms with E-state index in [0.717, 1.165) is 12.8 Å². The number of aliphatic imine (C=N–C) groups is 1. The predicted octanol–water partition coefficient (Wildman–Crippen LogP) is 3.87. The number of unbranched alkanes of at least 4 members (excludes halogenated alkanes) is 1. The molecule has 0 radical (unpaired) electrons. The van der Waals surface area contributed by atoms with Gasteiger partial charge in [0.05, 0.1) is 17.8 Å². The number of phenols is 1. The molecule has 6 nitrogen and oxygen atoms in total. The number of carboxylic acids is 1. The number of amides is 1. The highest BCUT2D eigenvalue weighted by Crippen LogP contribution is 2.32. The SMILES string of the molecule is CCCCN1C(=O)C(CC(=O)O)N=C(c2ccc(O)cc2)c2cc(Cl)ccc21. The lowest BCUT2D eigenvalue weighted by Crippen LogP contribution is -2.39. The average molecular weight is 401 g/mol. The van der Waals surface area contributed by atoms with Gasteiger partial charge in [-0.15, -0.1) is 0 Å². The van der Waals surface area contributed by atoms with Crippen molar-refractivity contribution in [2.75, 3.05) is 11.4 Å². The Morgan fingerprint density at radius 3 is 2.57 bits per heavy atom. The molecule has 7 heteroatoms. The van der Waals surface area contributed by atoms with Gasteiger partial charge in [0, 0.05) is 22.7 Å². The number of fused-ring (bicyclic) bond motifs is 1. The highest BCUT2D eigenvalue weighted by molar-refractivity contribution is 6.32. The van der Waals surface area contributed by atoms with Gasteiger partial charge < -0.3 is 15.1 Å². The third-order valence-corrected chi connectivity index (χ3v) is 4.82. The summed E-state index contributed by atoms with van der Waals surface area (Å²) in [6, 6.07) is 10.6. The number of carboxylic acid groups (broad SMARTS) is 1. The Hall–Kier alpha value is -2.86. The first-order valence-corrected chi connectivity index (χ1v) is 9.48. The van der Waals surface area contributed by atoms with Gasteiger partial charge in [-0.3, -0.25) is 14.6 Å². The molecule has 1 amide bonds. The van der Waals surface area contributed by atoms with Crippen molar-refractivity contribution in [1.29, 1.82) is 0 Å². The normalized spacial score (nSPS) is 16.4. The van der Waals surface area contributed by atoms with Gasteiger partial charge in [-0.2, -0.15) is 0 Å². The molecule has 28 heavy (non-hydrogen) atoms. The summed E-state index contributed by atoms with van der Waals surface area (Å²) in [5.41, 5.74) is 2.47. The Labute approximate surface area is 168 Å². The van der Waals surface area contributed by atoms with Gasteiger partial charge in [-0.25, -0.2) is 0 Å². The van der Waals surface area contributed by atoms with Crippen LogP contribution in [0.1, 0.15) is 37.3 Å². The summed E-state index contributed by atoms with van der Waals surface area (Å²) >= 11 is 6.22. The number of aliphatic carboxylic acids is 1. The fourth-order valence-corrected chi connectivity index (χ4v) is 3.38. The molecule has 2 aromatic carbocycles. The molecule has 1 heterocycles. The van der Waals surface area contributed by atoms with Crippen LogP contribution < -0.4 is 4.90 Å². The fraction of sp³-hybridized carbons (Fsp3) is 0.286. The quantitative estimate of drug-likeness (QED) is 0.770. The van der Waals surface area contributed by atoms with Gasteiger partial charge in [0.2, 0.25) is 0 Å². The Morgan fingerprint density at radius 2 is 1.93 bits per heavy atom. The lowest BCUT2D eigenvalue weighted by atomic mass is 10.00. The number of halogens is 1. The summed E-state index contributed by atoms with van der Waals surface area (Å²) in [6.07, 6.45) is 1.27. The van der Waals surface area contributed by atoms with Crippen LogP contribution in [-0.4, -0.2) is 40.4 Å². The summed E-state index contributed by atoms with van der Waals surface area (Å²) in [4.78, 5) is 30.7. The minimum atomic E-state index is -1.09. The van der Waals surface area contributed by atoms with Crippen LogP contribution in [0.25, 0.3) is 0 Å². The Morgan fingerprint density at radius 1 is 1.21 bits per heavy atom. The minimum absolute atomic E-state index is 0.104. The predicted molar refractivity (Wildman–Crippen MR) is 108 cm³/mol. The standard InChI is InChI=1S/C21H21ClN2O4/c1-2-3-10-24-18-9-6-14(22)11-16(18)20(13-4-7-15(25)8-5-13)23-17(21(24)28)12-19(26)27/h4-9,11,17,25H,2-3,10,12H2,1H3,(H,26,27). The summed E-state index contributed by atoms with van der Waals surface area (Å²) in [7, 11) is 0. The molecule has 1 aliphatic rings. The molecule has 2 aromatic rings. The number of hydrogen-bond acceptors (Lipinski definition) is 4. The third-order valence-electron chi connectivity index (χ3n) is 4.58. The van der Waals surface area contributed by atoms with Crippen LogP contribution in [0, 0.1) is 0 Å². The molecule has 0 bridgehead atoms. The second kappa shape index (κ2) is 8.44. The van der Waals surface area contributed by atoms with Crippen LogP contribution >= 0.6 is 11.6 Å². The number of phenolic OH excluding ortho intramolecular Hbond substituents is 1. The van der Waals surface area contributed by atoms with Gasteiger partial charge in [-0.1, -0.05) is 24.9 Å². The van der Waals surface area contributed by atoms with E-state index in [0.29, 0.717) is 34.1 Å². The maximum atomic E-state index is 13.1. The molecule has 0 saturated heterocycles. The topological polar surface area (TPSA) is 90.2 Å². The maximum absolute atomic E-state index is 13.1. The van der Waals surface area contributed by atoms with Crippen molar-refractivity contribution in [2.24, 2.45) is 4.99 Å². The Bertz CT molecular complexity index is 925. The smallest absolute Gasteiger partial charge is 0.306 e. The van der Waals surface area contributed by atoms with Crippen LogP contribution in [0.3, 0.4) is 0 Å². The number of aromatic hydroxyl groups is 1. The van der Waals surface area contributed by atoms with E-state index in [4.69, 9.17) is 11.6 Å². The largest absolute Gasteiger partial charge is 0.508 e.